The molecule has 6 aromatic rings. The summed E-state index contributed by atoms with van der Waals surface area (Å²) in [7, 11) is 0. The van der Waals surface area contributed by atoms with E-state index in [4.69, 9.17) is 0 Å². The number of aromatic amines is 1. The fraction of sp³-hybridized carbons (Fsp3) is 0. The zero-order valence-corrected chi connectivity index (χ0v) is 13.0. The minimum Gasteiger partial charge on any atom is -0.340 e. The molecular weight excluding hydrogens is 292 g/mol. The van der Waals surface area contributed by atoms with Gasteiger partial charge >= 0.3 is 0 Å². The first-order chi connectivity index (χ1) is 11.9. The van der Waals surface area contributed by atoms with E-state index in [1.54, 1.807) is 0 Å². The van der Waals surface area contributed by atoms with E-state index in [0.717, 1.165) is 0 Å². The minimum atomic E-state index is 1.17. The molecule has 0 saturated carbocycles. The number of nitrogens with zero attached hydrogens (tertiary/aromatic N) is 1. The van der Waals surface area contributed by atoms with Crippen molar-refractivity contribution >= 4 is 49.1 Å². The second-order valence-corrected chi connectivity index (χ2v) is 6.36. The van der Waals surface area contributed by atoms with Crippen LogP contribution in [-0.4, -0.2) is 9.38 Å². The van der Waals surface area contributed by atoms with Crippen molar-refractivity contribution in [1.29, 1.82) is 0 Å². The van der Waals surface area contributed by atoms with Gasteiger partial charge in [-0.2, -0.15) is 0 Å². The fourth-order valence-electron chi connectivity index (χ4n) is 4.08. The van der Waals surface area contributed by atoms with Gasteiger partial charge in [0, 0.05) is 27.1 Å². The Morgan fingerprint density at radius 1 is 0.542 bits per heavy atom. The van der Waals surface area contributed by atoms with Crippen molar-refractivity contribution in [2.75, 3.05) is 0 Å². The number of H-pyrrole nitrogens is 1. The first-order valence-electron chi connectivity index (χ1n) is 8.23. The van der Waals surface area contributed by atoms with E-state index in [-0.39, 0.29) is 0 Å². The highest BCUT2D eigenvalue weighted by Crippen LogP contribution is 2.36. The van der Waals surface area contributed by atoms with Gasteiger partial charge in [0.2, 0.25) is 0 Å². The summed E-state index contributed by atoms with van der Waals surface area (Å²) < 4.78 is 2.37. The van der Waals surface area contributed by atoms with Crippen molar-refractivity contribution in [3.8, 4) is 0 Å². The smallest absolute Gasteiger partial charge is 0.123 e. The van der Waals surface area contributed by atoms with E-state index in [1.165, 1.54) is 49.1 Å². The molecule has 0 fully saturated rings. The van der Waals surface area contributed by atoms with Crippen molar-refractivity contribution in [3.63, 3.8) is 0 Å². The van der Waals surface area contributed by atoms with Gasteiger partial charge in [-0.05, 0) is 23.6 Å². The SMILES string of the molecule is c1ccc2c(c1)[nH]c1c2cc2c3ccccc3c3ccccc3n21. The lowest BCUT2D eigenvalue weighted by Crippen LogP contribution is -1.90. The normalized spacial score (nSPS) is 12.2. The maximum absolute atomic E-state index is 3.62. The molecule has 3 heterocycles. The van der Waals surface area contributed by atoms with Gasteiger partial charge in [-0.15, -0.1) is 0 Å². The van der Waals surface area contributed by atoms with Crippen LogP contribution in [0.4, 0.5) is 0 Å². The Bertz CT molecular complexity index is 1400. The summed E-state index contributed by atoms with van der Waals surface area (Å²) in [5, 5.41) is 6.46. The highest BCUT2D eigenvalue weighted by molar-refractivity contribution is 6.18. The summed E-state index contributed by atoms with van der Waals surface area (Å²) in [5.41, 5.74) is 4.87. The molecule has 0 aliphatic heterocycles. The second kappa shape index (κ2) is 4.18. The molecule has 0 radical (unpaired) electrons. The lowest BCUT2D eigenvalue weighted by atomic mass is 10.1. The van der Waals surface area contributed by atoms with Gasteiger partial charge in [0.05, 0.1) is 11.0 Å². The van der Waals surface area contributed by atoms with Crippen LogP contribution in [0.15, 0.2) is 78.9 Å². The van der Waals surface area contributed by atoms with Crippen molar-refractivity contribution in [1.82, 2.24) is 9.38 Å². The molecule has 0 saturated heterocycles. The number of nitrogens with one attached hydrogen (secondary N) is 1. The molecular formula is C22H14N2. The average molecular weight is 306 g/mol. The molecule has 6 rings (SSSR count). The Kier molecular flexibility index (Phi) is 2.12. The van der Waals surface area contributed by atoms with Gasteiger partial charge < -0.3 is 4.98 Å². The molecule has 0 spiro atoms. The second-order valence-electron chi connectivity index (χ2n) is 6.36. The first kappa shape index (κ1) is 12.2. The predicted octanol–water partition coefficient (Wildman–Crippen LogP) is 5.88. The summed E-state index contributed by atoms with van der Waals surface area (Å²) in [5.74, 6) is 0. The van der Waals surface area contributed by atoms with E-state index in [2.05, 4.69) is 88.2 Å². The molecule has 2 heteroatoms. The van der Waals surface area contributed by atoms with Crippen molar-refractivity contribution in [2.24, 2.45) is 0 Å². The van der Waals surface area contributed by atoms with Crippen LogP contribution >= 0.6 is 0 Å². The fourth-order valence-corrected chi connectivity index (χ4v) is 4.08. The predicted molar refractivity (Wildman–Crippen MR) is 102 cm³/mol. The first-order valence-corrected chi connectivity index (χ1v) is 8.23. The van der Waals surface area contributed by atoms with Crippen molar-refractivity contribution < 1.29 is 0 Å². The number of benzene rings is 3. The Hall–Kier alpha value is -3.26. The largest absolute Gasteiger partial charge is 0.340 e. The van der Waals surface area contributed by atoms with Gasteiger partial charge in [0.1, 0.15) is 5.65 Å². The minimum absolute atomic E-state index is 1.17. The molecule has 2 nitrogen and oxygen atoms in total. The number of rotatable bonds is 0. The molecule has 3 aromatic heterocycles. The molecule has 3 aromatic carbocycles. The van der Waals surface area contributed by atoms with E-state index in [9.17, 15) is 0 Å². The third kappa shape index (κ3) is 1.36. The van der Waals surface area contributed by atoms with Gasteiger partial charge in [-0.1, -0.05) is 60.7 Å². The topological polar surface area (TPSA) is 20.2 Å². The van der Waals surface area contributed by atoms with Crippen LogP contribution in [0.3, 0.4) is 0 Å². The molecule has 0 aliphatic rings. The highest BCUT2D eigenvalue weighted by Gasteiger charge is 2.14. The van der Waals surface area contributed by atoms with Gasteiger partial charge in [-0.3, -0.25) is 4.40 Å². The summed E-state index contributed by atoms with van der Waals surface area (Å²) in [4.78, 5) is 3.62. The Balaban J connectivity index is 2.02. The zero-order valence-electron chi connectivity index (χ0n) is 13.0. The summed E-state index contributed by atoms with van der Waals surface area (Å²) in [6.45, 7) is 0. The van der Waals surface area contributed by atoms with Crippen LogP contribution < -0.4 is 0 Å². The molecule has 24 heavy (non-hydrogen) atoms. The average Bonchev–Trinajstić information content (AvgIpc) is 3.18. The van der Waals surface area contributed by atoms with Crippen molar-refractivity contribution in [2.45, 2.75) is 0 Å². The van der Waals surface area contributed by atoms with E-state index >= 15 is 0 Å². The van der Waals surface area contributed by atoms with Gasteiger partial charge in [0.15, 0.2) is 0 Å². The maximum Gasteiger partial charge on any atom is 0.123 e. The van der Waals surface area contributed by atoms with Gasteiger partial charge in [0.25, 0.3) is 0 Å². The lowest BCUT2D eigenvalue weighted by Gasteiger charge is -2.09. The number of hydrogen-bond donors (Lipinski definition) is 1. The lowest BCUT2D eigenvalue weighted by molar-refractivity contribution is 1.29. The van der Waals surface area contributed by atoms with Crippen LogP contribution in [0.25, 0.3) is 49.1 Å². The van der Waals surface area contributed by atoms with Crippen molar-refractivity contribution in [3.05, 3.63) is 78.9 Å². The number of hydrogen-bond acceptors (Lipinski definition) is 0. The molecule has 0 atom stereocenters. The number of para-hydroxylation sites is 2. The highest BCUT2D eigenvalue weighted by atomic mass is 15.0. The molecule has 0 amide bonds. The van der Waals surface area contributed by atoms with Gasteiger partial charge in [-0.25, -0.2) is 0 Å². The summed E-state index contributed by atoms with van der Waals surface area (Å²) >= 11 is 0. The van der Waals surface area contributed by atoms with E-state index < -0.39 is 0 Å². The van der Waals surface area contributed by atoms with Crippen LogP contribution in [0.1, 0.15) is 0 Å². The summed E-state index contributed by atoms with van der Waals surface area (Å²) in [6.07, 6.45) is 0. The molecule has 0 bridgehead atoms. The van der Waals surface area contributed by atoms with E-state index in [1.807, 2.05) is 0 Å². The van der Waals surface area contributed by atoms with Crippen LogP contribution in [0, 0.1) is 0 Å². The standard InChI is InChI=1S/C22H14N2/c1-2-10-17-14(7-1)16-9-4-6-12-20(16)24-21(17)13-18-15-8-3-5-11-19(15)23-22(18)24/h1-13,23H. The quantitative estimate of drug-likeness (QED) is 0.338. The third-order valence-electron chi connectivity index (χ3n) is 5.11. The number of fused-ring (bicyclic) bond motifs is 10. The Morgan fingerprint density at radius 3 is 2.00 bits per heavy atom. The number of aromatic nitrogens is 2. The summed E-state index contributed by atoms with van der Waals surface area (Å²) in [6, 6.07) is 28.2. The zero-order chi connectivity index (χ0) is 15.7. The van der Waals surface area contributed by atoms with Crippen LogP contribution in [0.2, 0.25) is 0 Å². The Morgan fingerprint density at radius 2 is 1.17 bits per heavy atom. The maximum atomic E-state index is 3.62. The molecule has 1 N–H and O–H groups in total. The number of pyridine rings is 1. The molecule has 112 valence electrons. The van der Waals surface area contributed by atoms with E-state index in [0.29, 0.717) is 0 Å². The molecule has 0 aliphatic carbocycles. The monoisotopic (exact) mass is 306 g/mol. The van der Waals surface area contributed by atoms with Crippen LogP contribution in [-0.2, 0) is 0 Å². The van der Waals surface area contributed by atoms with Crippen LogP contribution in [0.5, 0.6) is 0 Å². The third-order valence-corrected chi connectivity index (χ3v) is 5.11. The Labute approximate surface area is 137 Å². The molecule has 0 unspecified atom stereocenters.